The summed E-state index contributed by atoms with van der Waals surface area (Å²) in [6.07, 6.45) is 1.46. The zero-order chi connectivity index (χ0) is 16.1. The molecular weight excluding hydrogens is 248 g/mol. The third kappa shape index (κ3) is 1.70. The number of imidazole rings is 1. The monoisotopic (exact) mass is 263 g/mol. The number of hydrogen-bond acceptors (Lipinski definition) is 4. The number of furan rings is 1. The predicted octanol–water partition coefficient (Wildman–Crippen LogP) is 0.373. The molecule has 98 valence electrons. The maximum Gasteiger partial charge on any atom is 0.332 e. The van der Waals surface area contributed by atoms with Gasteiger partial charge >= 0.3 is 5.69 Å². The summed E-state index contributed by atoms with van der Waals surface area (Å²) in [4.78, 5) is 30.8. The fourth-order valence-corrected chi connectivity index (χ4v) is 1.94. The topological polar surface area (TPSA) is 85.8 Å². The van der Waals surface area contributed by atoms with Gasteiger partial charge in [-0.1, -0.05) is 0 Å². The number of aromatic nitrogens is 4. The molecule has 1 N–H and O–H groups in total. The molecule has 3 aromatic rings. The lowest BCUT2D eigenvalue weighted by Crippen LogP contribution is -2.38. The maximum absolute atomic E-state index is 12.3. The van der Waals surface area contributed by atoms with Crippen LogP contribution in [0.2, 0.25) is 0 Å². The van der Waals surface area contributed by atoms with Crippen molar-refractivity contribution < 1.29 is 8.53 Å². The van der Waals surface area contributed by atoms with Crippen molar-refractivity contribution >= 4 is 11.2 Å². The first kappa shape index (κ1) is 8.52. The third-order valence-corrected chi connectivity index (χ3v) is 2.87. The molecule has 0 saturated heterocycles. The summed E-state index contributed by atoms with van der Waals surface area (Å²) in [5.74, 6) is 0.152. The van der Waals surface area contributed by atoms with Crippen LogP contribution in [0.15, 0.2) is 32.4 Å². The summed E-state index contributed by atoms with van der Waals surface area (Å²) >= 11 is 0. The van der Waals surface area contributed by atoms with Gasteiger partial charge < -0.3 is 9.40 Å². The summed E-state index contributed by atoms with van der Waals surface area (Å²) in [6.45, 7) is -2.46. The Balaban J connectivity index is 2.32. The lowest BCUT2D eigenvalue weighted by Gasteiger charge is -2.06. The zero-order valence-electron chi connectivity index (χ0n) is 13.0. The van der Waals surface area contributed by atoms with Gasteiger partial charge in [-0.3, -0.25) is 13.9 Å². The lowest BCUT2D eigenvalue weighted by molar-refractivity contribution is 0.486. The van der Waals surface area contributed by atoms with Gasteiger partial charge in [-0.2, -0.15) is 0 Å². The second-order valence-electron chi connectivity index (χ2n) is 4.10. The van der Waals surface area contributed by atoms with Crippen LogP contribution in [-0.2, 0) is 13.6 Å². The second-order valence-corrected chi connectivity index (χ2v) is 4.10. The number of fused-ring (bicyclic) bond motifs is 1. The van der Waals surface area contributed by atoms with Gasteiger partial charge in [-0.05, 0) is 19.0 Å². The van der Waals surface area contributed by atoms with E-state index in [0.29, 0.717) is 5.76 Å². The molecule has 0 aliphatic carbocycles. The van der Waals surface area contributed by atoms with E-state index in [4.69, 9.17) is 8.53 Å². The molecular formula is C12H12N4O3. The van der Waals surface area contributed by atoms with Gasteiger partial charge in [0.2, 0.25) is 0 Å². The highest BCUT2D eigenvalue weighted by molar-refractivity contribution is 5.69. The van der Waals surface area contributed by atoms with Crippen molar-refractivity contribution in [2.75, 3.05) is 0 Å². The van der Waals surface area contributed by atoms with Crippen LogP contribution in [0.3, 0.4) is 0 Å². The normalized spacial score (nSPS) is 14.3. The molecule has 7 nitrogen and oxygen atoms in total. The number of hydrogen-bond donors (Lipinski definition) is 1. The van der Waals surface area contributed by atoms with Crippen LogP contribution >= 0.6 is 0 Å². The first-order valence-electron chi connectivity index (χ1n) is 7.01. The Kier molecular flexibility index (Phi) is 1.78. The van der Waals surface area contributed by atoms with Gasteiger partial charge in [-0.15, -0.1) is 0 Å². The van der Waals surface area contributed by atoms with Crippen LogP contribution in [-0.4, -0.2) is 19.1 Å². The van der Waals surface area contributed by atoms with Gasteiger partial charge in [0.25, 0.3) is 5.56 Å². The Bertz CT molecular complexity index is 947. The minimum Gasteiger partial charge on any atom is -0.467 e. The van der Waals surface area contributed by atoms with Crippen LogP contribution in [0, 0.1) is 6.85 Å². The van der Waals surface area contributed by atoms with Crippen LogP contribution in [0.1, 0.15) is 15.7 Å². The fourth-order valence-electron chi connectivity index (χ4n) is 1.94. The van der Waals surface area contributed by atoms with Gasteiger partial charge in [0.1, 0.15) is 17.1 Å². The van der Waals surface area contributed by atoms with Crippen molar-refractivity contribution in [3.63, 3.8) is 0 Å². The molecule has 7 heteroatoms. The molecule has 0 radical (unpaired) electrons. The first-order chi connectivity index (χ1) is 10.3. The van der Waals surface area contributed by atoms with Gasteiger partial charge in [0.15, 0.2) is 5.65 Å². The fraction of sp³-hybridized carbons (Fsp3) is 0.250. The highest BCUT2D eigenvalue weighted by Crippen LogP contribution is 2.08. The summed E-state index contributed by atoms with van der Waals surface area (Å²) in [7, 11) is 1.32. The molecule has 0 saturated carbocycles. The average molecular weight is 263 g/mol. The highest BCUT2D eigenvalue weighted by atomic mass is 16.3. The first-order valence-corrected chi connectivity index (χ1v) is 5.51. The minimum absolute atomic E-state index is 0.00405. The highest BCUT2D eigenvalue weighted by Gasteiger charge is 2.15. The molecule has 0 aliphatic heterocycles. The second kappa shape index (κ2) is 3.98. The van der Waals surface area contributed by atoms with Crippen molar-refractivity contribution in [2.24, 2.45) is 7.05 Å². The smallest absolute Gasteiger partial charge is 0.332 e. The Hall–Kier alpha value is -2.57. The quantitative estimate of drug-likeness (QED) is 0.724. The van der Waals surface area contributed by atoms with Crippen LogP contribution < -0.4 is 11.2 Å². The van der Waals surface area contributed by atoms with E-state index in [0.717, 1.165) is 4.57 Å². The van der Waals surface area contributed by atoms with E-state index in [1.807, 2.05) is 0 Å². The molecule has 0 spiro atoms. The molecule has 3 rings (SSSR count). The molecule has 0 atom stereocenters. The largest absolute Gasteiger partial charge is 0.467 e. The van der Waals surface area contributed by atoms with Gasteiger partial charge in [0, 0.05) is 11.2 Å². The zero-order valence-corrected chi connectivity index (χ0v) is 10.0. The van der Waals surface area contributed by atoms with Crippen LogP contribution in [0.5, 0.6) is 0 Å². The van der Waals surface area contributed by atoms with Crippen molar-refractivity contribution in [1.29, 1.82) is 0 Å². The molecule has 0 bridgehead atoms. The Labute approximate surface area is 111 Å². The summed E-state index contributed by atoms with van der Waals surface area (Å²) in [6, 6.07) is 3.33. The number of rotatable bonds is 2. The lowest BCUT2D eigenvalue weighted by atomic mass is 10.4. The summed E-state index contributed by atoms with van der Waals surface area (Å²) in [5, 5.41) is 0. The number of nitrogens with one attached hydrogen (secondary N) is 1. The van der Waals surface area contributed by atoms with Crippen molar-refractivity contribution in [2.45, 2.75) is 13.4 Å². The minimum atomic E-state index is -2.50. The van der Waals surface area contributed by atoms with Crippen molar-refractivity contribution in [1.82, 2.24) is 19.1 Å². The van der Waals surface area contributed by atoms with E-state index in [2.05, 4.69) is 9.97 Å². The van der Waals surface area contributed by atoms with Gasteiger partial charge in [-0.25, -0.2) is 9.78 Å². The summed E-state index contributed by atoms with van der Waals surface area (Å²) < 4.78 is 29.4. The maximum atomic E-state index is 12.3. The van der Waals surface area contributed by atoms with E-state index < -0.39 is 18.1 Å². The molecule has 0 aliphatic rings. The van der Waals surface area contributed by atoms with Crippen LogP contribution in [0.4, 0.5) is 0 Å². The Morgan fingerprint density at radius 1 is 1.53 bits per heavy atom. The Morgan fingerprint density at radius 2 is 2.37 bits per heavy atom. The molecule has 3 aromatic heterocycles. The predicted molar refractivity (Wildman–Crippen MR) is 68.1 cm³/mol. The van der Waals surface area contributed by atoms with E-state index in [1.54, 1.807) is 12.1 Å². The molecule has 19 heavy (non-hydrogen) atoms. The molecule has 0 aromatic carbocycles. The molecule has 3 heterocycles. The van der Waals surface area contributed by atoms with E-state index in [-0.39, 0.29) is 23.5 Å². The molecule has 0 unspecified atom stereocenters. The average Bonchev–Trinajstić information content (AvgIpc) is 3.09. The number of aromatic amines is 1. The standard InChI is InChI=1S/C12H12N4O3/c1-7-13-9-10(14-7)16(6-8-4-3-5-19-8)12(18)15(2)11(9)17/h3-5H,6H2,1-2H3,(H,13,14)/i1D3. The number of aryl methyl sites for hydroxylation is 1. The molecule has 0 fully saturated rings. The number of H-pyrrole nitrogens is 1. The SMILES string of the molecule is [2H]C([2H])([2H])c1nc2c([nH]1)c(=O)n(C)c(=O)n2Cc1ccco1. The van der Waals surface area contributed by atoms with Crippen molar-refractivity contribution in [3.05, 3.63) is 50.8 Å². The third-order valence-electron chi connectivity index (χ3n) is 2.87. The van der Waals surface area contributed by atoms with E-state index in [9.17, 15) is 9.59 Å². The van der Waals surface area contributed by atoms with E-state index >= 15 is 0 Å². The summed E-state index contributed by atoms with van der Waals surface area (Å²) in [5.41, 5.74) is -1.26. The Morgan fingerprint density at radius 3 is 3.05 bits per heavy atom. The molecule has 0 amide bonds. The van der Waals surface area contributed by atoms with Crippen LogP contribution in [0.25, 0.3) is 11.2 Å². The van der Waals surface area contributed by atoms with E-state index in [1.165, 1.54) is 17.9 Å². The van der Waals surface area contributed by atoms with Gasteiger partial charge in [0.05, 0.1) is 12.8 Å². The van der Waals surface area contributed by atoms with Crippen molar-refractivity contribution in [3.8, 4) is 0 Å². The number of nitrogens with zero attached hydrogens (tertiary/aromatic N) is 3.